The Morgan fingerprint density at radius 3 is 2.34 bits per heavy atom. The average molecular weight is 492 g/mol. The Kier molecular flexibility index (Phi) is 5.80. The standard InChI is InChI=1S/C26H25N3O5S/c1-15(22-28-21(12-35-22)23(30)29-13-26(2,14-29)24(31)32)27-25(33)34-11-20-18-9-5-3-7-16(18)17-8-4-6-10-19(17)20/h3-10,12,15,20H,11,13-14H2,1-2H3,(H,27,33)(H,31,32). The van der Waals surface area contributed by atoms with E-state index in [0.29, 0.717) is 5.01 Å². The van der Waals surface area contributed by atoms with Crippen LogP contribution in [0.1, 0.15) is 52.4 Å². The second-order valence-electron chi connectivity index (χ2n) is 9.29. The lowest BCUT2D eigenvalue weighted by Gasteiger charge is -2.44. The van der Waals surface area contributed by atoms with Crippen LogP contribution in [-0.2, 0) is 9.53 Å². The van der Waals surface area contributed by atoms with Gasteiger partial charge in [0.05, 0.1) is 6.04 Å². The Bertz CT molecular complexity index is 1270. The fourth-order valence-electron chi connectivity index (χ4n) is 4.70. The predicted octanol–water partition coefficient (Wildman–Crippen LogP) is 4.29. The monoisotopic (exact) mass is 491 g/mol. The third-order valence-corrected chi connectivity index (χ3v) is 7.70. The average Bonchev–Trinajstić information content (AvgIpc) is 3.44. The van der Waals surface area contributed by atoms with Gasteiger partial charge in [0.2, 0.25) is 0 Å². The van der Waals surface area contributed by atoms with Gasteiger partial charge in [0.25, 0.3) is 5.91 Å². The molecule has 3 aromatic rings. The van der Waals surface area contributed by atoms with Crippen molar-refractivity contribution in [3.05, 3.63) is 75.7 Å². The zero-order chi connectivity index (χ0) is 24.7. The molecule has 2 amide bonds. The fourth-order valence-corrected chi connectivity index (χ4v) is 5.50. The number of carbonyl (C=O) groups excluding carboxylic acids is 2. The van der Waals surface area contributed by atoms with Crippen molar-refractivity contribution in [3.63, 3.8) is 0 Å². The molecule has 0 spiro atoms. The number of carboxylic acid groups (broad SMARTS) is 1. The molecule has 180 valence electrons. The van der Waals surface area contributed by atoms with Crippen molar-refractivity contribution < 1.29 is 24.2 Å². The summed E-state index contributed by atoms with van der Waals surface area (Å²) in [7, 11) is 0. The molecule has 1 aromatic heterocycles. The van der Waals surface area contributed by atoms with E-state index >= 15 is 0 Å². The molecule has 5 rings (SSSR count). The third-order valence-electron chi connectivity index (χ3n) is 6.67. The molecule has 2 N–H and O–H groups in total. The molecule has 2 aliphatic rings. The van der Waals surface area contributed by atoms with Gasteiger partial charge in [0, 0.05) is 24.4 Å². The summed E-state index contributed by atoms with van der Waals surface area (Å²) < 4.78 is 5.59. The number of likely N-dealkylation sites (tertiary alicyclic amines) is 1. The lowest BCUT2D eigenvalue weighted by Crippen LogP contribution is -2.60. The van der Waals surface area contributed by atoms with Crippen molar-refractivity contribution in [1.82, 2.24) is 15.2 Å². The van der Waals surface area contributed by atoms with Crippen LogP contribution >= 0.6 is 11.3 Å². The van der Waals surface area contributed by atoms with Crippen LogP contribution in [0, 0.1) is 5.41 Å². The van der Waals surface area contributed by atoms with Crippen LogP contribution in [0.25, 0.3) is 11.1 Å². The highest BCUT2D eigenvalue weighted by molar-refractivity contribution is 7.09. The number of thiazole rings is 1. The lowest BCUT2D eigenvalue weighted by molar-refractivity contribution is -0.155. The van der Waals surface area contributed by atoms with Gasteiger partial charge in [0.15, 0.2) is 0 Å². The van der Waals surface area contributed by atoms with Crippen LogP contribution in [0.2, 0.25) is 0 Å². The minimum absolute atomic E-state index is 0.0273. The maximum absolute atomic E-state index is 12.6. The second-order valence-corrected chi connectivity index (χ2v) is 10.2. The van der Waals surface area contributed by atoms with E-state index in [4.69, 9.17) is 4.74 Å². The molecule has 1 atom stereocenters. The zero-order valence-electron chi connectivity index (χ0n) is 19.4. The Labute approximate surface area is 206 Å². The van der Waals surface area contributed by atoms with Gasteiger partial charge in [-0.1, -0.05) is 48.5 Å². The Hall–Kier alpha value is -3.72. The Morgan fingerprint density at radius 2 is 1.74 bits per heavy atom. The maximum atomic E-state index is 12.6. The van der Waals surface area contributed by atoms with Crippen molar-refractivity contribution in [2.24, 2.45) is 5.41 Å². The molecule has 1 unspecified atom stereocenters. The first-order chi connectivity index (χ1) is 16.8. The van der Waals surface area contributed by atoms with Gasteiger partial charge in [0.1, 0.15) is 22.7 Å². The molecule has 1 fully saturated rings. The molecule has 2 heterocycles. The Balaban J connectivity index is 1.18. The highest BCUT2D eigenvalue weighted by Crippen LogP contribution is 2.44. The minimum Gasteiger partial charge on any atom is -0.481 e. The summed E-state index contributed by atoms with van der Waals surface area (Å²) in [5.41, 5.74) is 3.95. The van der Waals surface area contributed by atoms with Gasteiger partial charge in [-0.25, -0.2) is 9.78 Å². The van der Waals surface area contributed by atoms with Crippen LogP contribution in [0.5, 0.6) is 0 Å². The first-order valence-corrected chi connectivity index (χ1v) is 12.2. The summed E-state index contributed by atoms with van der Waals surface area (Å²) in [6, 6.07) is 15.8. The number of aromatic nitrogens is 1. The van der Waals surface area contributed by atoms with E-state index < -0.39 is 23.5 Å². The van der Waals surface area contributed by atoms with Gasteiger partial charge in [-0.2, -0.15) is 0 Å². The number of hydrogen-bond acceptors (Lipinski definition) is 6. The molecule has 9 heteroatoms. The number of nitrogens with one attached hydrogen (secondary N) is 1. The van der Waals surface area contributed by atoms with Gasteiger partial charge in [-0.05, 0) is 36.1 Å². The van der Waals surface area contributed by atoms with E-state index in [0.717, 1.165) is 22.3 Å². The largest absolute Gasteiger partial charge is 0.481 e. The number of carbonyl (C=O) groups is 3. The molecule has 0 bridgehead atoms. The van der Waals surface area contributed by atoms with E-state index in [-0.39, 0.29) is 37.2 Å². The summed E-state index contributed by atoms with van der Waals surface area (Å²) in [5.74, 6) is -1.25. The van der Waals surface area contributed by atoms with E-state index in [1.165, 1.54) is 16.2 Å². The number of benzene rings is 2. The van der Waals surface area contributed by atoms with E-state index in [2.05, 4.69) is 34.6 Å². The van der Waals surface area contributed by atoms with Gasteiger partial charge < -0.3 is 20.1 Å². The SMILES string of the molecule is CC(NC(=O)OCC1c2ccccc2-c2ccccc21)c1nc(C(=O)N2CC(C)(C(=O)O)C2)cs1. The number of fused-ring (bicyclic) bond motifs is 3. The molecule has 0 radical (unpaired) electrons. The minimum atomic E-state index is -0.915. The number of amides is 2. The molecule has 1 aliphatic heterocycles. The number of aliphatic carboxylic acids is 1. The normalized spacial score (nSPS) is 16.6. The van der Waals surface area contributed by atoms with Crippen LogP contribution in [0.3, 0.4) is 0 Å². The van der Waals surface area contributed by atoms with Gasteiger partial charge >= 0.3 is 12.1 Å². The van der Waals surface area contributed by atoms with Crippen molar-refractivity contribution in [2.45, 2.75) is 25.8 Å². The number of nitrogens with zero attached hydrogens (tertiary/aromatic N) is 2. The number of hydrogen-bond donors (Lipinski definition) is 2. The maximum Gasteiger partial charge on any atom is 0.407 e. The highest BCUT2D eigenvalue weighted by Gasteiger charge is 2.47. The topological polar surface area (TPSA) is 109 Å². The fraction of sp³-hybridized carbons (Fsp3) is 0.308. The smallest absolute Gasteiger partial charge is 0.407 e. The summed E-state index contributed by atoms with van der Waals surface area (Å²) in [5, 5.41) is 14.2. The second kappa shape index (κ2) is 8.81. The van der Waals surface area contributed by atoms with E-state index in [1.807, 2.05) is 24.3 Å². The molecule has 0 saturated carbocycles. The molecule has 1 aliphatic carbocycles. The third kappa shape index (κ3) is 4.16. The van der Waals surface area contributed by atoms with Crippen molar-refractivity contribution >= 4 is 29.3 Å². The number of ether oxygens (including phenoxy) is 1. The summed E-state index contributed by atoms with van der Waals surface area (Å²) in [6.45, 7) is 3.92. The molecular weight excluding hydrogens is 466 g/mol. The number of carboxylic acids is 1. The lowest BCUT2D eigenvalue weighted by atomic mass is 9.82. The molecule has 35 heavy (non-hydrogen) atoms. The molecular formula is C26H25N3O5S. The van der Waals surface area contributed by atoms with Crippen molar-refractivity contribution in [2.75, 3.05) is 19.7 Å². The highest BCUT2D eigenvalue weighted by atomic mass is 32.1. The quantitative estimate of drug-likeness (QED) is 0.533. The first kappa shape index (κ1) is 23.0. The van der Waals surface area contributed by atoms with Crippen LogP contribution in [0.4, 0.5) is 4.79 Å². The van der Waals surface area contributed by atoms with Crippen LogP contribution < -0.4 is 5.32 Å². The predicted molar refractivity (Wildman–Crippen MR) is 130 cm³/mol. The summed E-state index contributed by atoms with van der Waals surface area (Å²) >= 11 is 1.27. The van der Waals surface area contributed by atoms with Gasteiger partial charge in [-0.15, -0.1) is 11.3 Å². The zero-order valence-corrected chi connectivity index (χ0v) is 20.2. The van der Waals surface area contributed by atoms with Gasteiger partial charge in [-0.3, -0.25) is 9.59 Å². The Morgan fingerprint density at radius 1 is 1.14 bits per heavy atom. The number of alkyl carbamates (subject to hydrolysis) is 1. The number of rotatable bonds is 6. The van der Waals surface area contributed by atoms with Crippen molar-refractivity contribution in [3.8, 4) is 11.1 Å². The summed E-state index contributed by atoms with van der Waals surface area (Å²) in [6.07, 6.45) is -0.553. The van der Waals surface area contributed by atoms with Crippen molar-refractivity contribution in [1.29, 1.82) is 0 Å². The van der Waals surface area contributed by atoms with Crippen LogP contribution in [0.15, 0.2) is 53.9 Å². The van der Waals surface area contributed by atoms with Crippen LogP contribution in [-0.4, -0.2) is 52.7 Å². The molecule has 2 aromatic carbocycles. The van der Waals surface area contributed by atoms with E-state index in [9.17, 15) is 19.5 Å². The summed E-state index contributed by atoms with van der Waals surface area (Å²) in [4.78, 5) is 42.3. The molecule has 8 nitrogen and oxygen atoms in total. The van der Waals surface area contributed by atoms with E-state index in [1.54, 1.807) is 19.2 Å². The molecule has 1 saturated heterocycles. The first-order valence-electron chi connectivity index (χ1n) is 11.4.